The number of carbonyl (C=O) groups excluding carboxylic acids is 1. The average molecular weight is 495 g/mol. The topological polar surface area (TPSA) is 102 Å². The van der Waals surface area contributed by atoms with Gasteiger partial charge < -0.3 is 24.5 Å². The van der Waals surface area contributed by atoms with Crippen LogP contribution in [0.15, 0.2) is 36.4 Å². The smallest absolute Gasteiger partial charge is 0.254 e. The summed E-state index contributed by atoms with van der Waals surface area (Å²) in [6.07, 6.45) is 4.60. The first-order valence-corrected chi connectivity index (χ1v) is 13.1. The molecule has 7 rings (SSSR count). The number of hydrogen-bond donors (Lipinski definition) is 1. The van der Waals surface area contributed by atoms with Gasteiger partial charge in [-0.25, -0.2) is 4.98 Å². The Labute approximate surface area is 215 Å². The highest BCUT2D eigenvalue weighted by molar-refractivity contribution is 6.01. The molecule has 2 aromatic carbocycles. The van der Waals surface area contributed by atoms with Crippen molar-refractivity contribution in [3.05, 3.63) is 47.5 Å². The van der Waals surface area contributed by atoms with Crippen LogP contribution in [0.1, 0.15) is 41.6 Å². The Balaban J connectivity index is 1.34. The number of fused-ring (bicyclic) bond motifs is 3. The Hall–Kier alpha value is -3.83. The number of ether oxygens (including phenoxy) is 1. The van der Waals surface area contributed by atoms with Crippen molar-refractivity contribution in [3.63, 3.8) is 0 Å². The van der Waals surface area contributed by atoms with Crippen molar-refractivity contribution in [3.8, 4) is 23.3 Å². The molecule has 4 aromatic rings. The zero-order valence-corrected chi connectivity index (χ0v) is 21.2. The van der Waals surface area contributed by atoms with Crippen LogP contribution < -0.4 is 10.5 Å². The number of nitrogens with two attached hydrogens (primary N) is 1. The lowest BCUT2D eigenvalue weighted by Gasteiger charge is -2.64. The number of benzene rings is 2. The quantitative estimate of drug-likeness (QED) is 0.436. The summed E-state index contributed by atoms with van der Waals surface area (Å²) in [5.41, 5.74) is 11.1. The van der Waals surface area contributed by atoms with Crippen molar-refractivity contribution < 1.29 is 9.53 Å². The van der Waals surface area contributed by atoms with Gasteiger partial charge in [0, 0.05) is 54.6 Å². The van der Waals surface area contributed by atoms with Crippen molar-refractivity contribution in [2.24, 2.45) is 24.1 Å². The second-order valence-electron chi connectivity index (χ2n) is 11.1. The van der Waals surface area contributed by atoms with Crippen LogP contribution in [-0.2, 0) is 13.6 Å². The van der Waals surface area contributed by atoms with Gasteiger partial charge in [0.1, 0.15) is 11.3 Å². The number of imidazole rings is 1. The van der Waals surface area contributed by atoms with Gasteiger partial charge in [-0.2, -0.15) is 5.26 Å². The normalized spacial score (nSPS) is 22.4. The Kier molecular flexibility index (Phi) is 4.74. The number of likely N-dealkylation sites (tertiary alicyclic amines) is 1. The number of hydrogen-bond acceptors (Lipinski definition) is 5. The van der Waals surface area contributed by atoms with Gasteiger partial charge in [-0.1, -0.05) is 0 Å². The molecule has 1 aliphatic heterocycles. The van der Waals surface area contributed by atoms with Gasteiger partial charge in [0.05, 0.1) is 30.0 Å². The van der Waals surface area contributed by atoms with Crippen LogP contribution >= 0.6 is 0 Å². The molecule has 2 saturated carbocycles. The highest BCUT2D eigenvalue weighted by Crippen LogP contribution is 2.53. The van der Waals surface area contributed by atoms with Crippen molar-refractivity contribution in [2.75, 3.05) is 20.2 Å². The van der Waals surface area contributed by atoms with E-state index in [1.54, 1.807) is 7.11 Å². The number of nitriles is 1. The van der Waals surface area contributed by atoms with Gasteiger partial charge in [-0.3, -0.25) is 4.79 Å². The fraction of sp³-hybridized carbons (Fsp3) is 0.414. The lowest BCUT2D eigenvalue weighted by molar-refractivity contribution is -0.117. The van der Waals surface area contributed by atoms with Gasteiger partial charge in [-0.15, -0.1) is 0 Å². The first kappa shape index (κ1) is 22.4. The van der Waals surface area contributed by atoms with E-state index in [4.69, 9.17) is 15.5 Å². The van der Waals surface area contributed by atoms with E-state index >= 15 is 0 Å². The highest BCUT2D eigenvalue weighted by Gasteiger charge is 2.59. The van der Waals surface area contributed by atoms with Gasteiger partial charge in [0.15, 0.2) is 5.82 Å². The third-order valence-electron chi connectivity index (χ3n) is 8.95. The predicted molar refractivity (Wildman–Crippen MR) is 141 cm³/mol. The van der Waals surface area contributed by atoms with E-state index in [1.807, 2.05) is 42.3 Å². The molecule has 3 fully saturated rings. The molecule has 2 aromatic heterocycles. The number of amides is 1. The lowest BCUT2D eigenvalue weighted by Crippen LogP contribution is -2.74. The molecule has 2 aliphatic carbocycles. The third kappa shape index (κ3) is 3.17. The van der Waals surface area contributed by atoms with E-state index in [1.165, 1.54) is 12.8 Å². The number of nitrogens with zero attached hydrogens (tertiary/aromatic N) is 5. The summed E-state index contributed by atoms with van der Waals surface area (Å²) in [7, 11) is 3.63. The molecule has 8 nitrogen and oxygen atoms in total. The van der Waals surface area contributed by atoms with Crippen LogP contribution in [0.2, 0.25) is 0 Å². The molecule has 1 amide bonds. The fourth-order valence-electron chi connectivity index (χ4n) is 6.47. The van der Waals surface area contributed by atoms with Crippen molar-refractivity contribution >= 4 is 27.8 Å². The Morgan fingerprint density at radius 3 is 2.73 bits per heavy atom. The predicted octanol–water partition coefficient (Wildman–Crippen LogP) is 4.05. The molecular formula is C29H30N6O2. The second kappa shape index (κ2) is 7.83. The van der Waals surface area contributed by atoms with E-state index in [9.17, 15) is 10.1 Å². The van der Waals surface area contributed by atoms with E-state index in [2.05, 4.69) is 21.3 Å². The summed E-state index contributed by atoms with van der Waals surface area (Å²) < 4.78 is 10.2. The standard InChI is InChI=1S/C29H30N6O2/c1-33-26-21(10-20(12-24(26)37-2)28(36)35-16-29(15-31)8-7-25(29)35)32-27(33)23-11-19-9-18(13-30)5-6-22(19)34(23)14-17-3-4-17/h5-6,9-12,17,25H,3-4,7-8,14-16,31H2,1-2H3/t25?,29-/m1/s1. The minimum absolute atomic E-state index is 0.0213. The summed E-state index contributed by atoms with van der Waals surface area (Å²) in [4.78, 5) is 20.5. The van der Waals surface area contributed by atoms with E-state index in [-0.39, 0.29) is 17.4 Å². The molecule has 2 N–H and O–H groups in total. The zero-order valence-electron chi connectivity index (χ0n) is 21.2. The molecule has 188 valence electrons. The molecule has 8 heteroatoms. The summed E-state index contributed by atoms with van der Waals surface area (Å²) in [6.45, 7) is 2.29. The van der Waals surface area contributed by atoms with E-state index in [0.717, 1.165) is 59.4 Å². The summed E-state index contributed by atoms with van der Waals surface area (Å²) >= 11 is 0. The Morgan fingerprint density at radius 2 is 2.08 bits per heavy atom. The number of methoxy groups -OCH3 is 1. The number of carbonyl (C=O) groups is 1. The maximum absolute atomic E-state index is 13.5. The first-order valence-electron chi connectivity index (χ1n) is 13.1. The van der Waals surface area contributed by atoms with E-state index < -0.39 is 0 Å². The molecule has 2 atom stereocenters. The molecule has 0 spiro atoms. The molecule has 3 aliphatic rings. The number of rotatable bonds is 6. The number of piperidine rings is 1. The van der Waals surface area contributed by atoms with Crippen LogP contribution in [-0.4, -0.2) is 51.2 Å². The van der Waals surface area contributed by atoms with Gasteiger partial charge >= 0.3 is 0 Å². The SMILES string of the molecule is COc1cc(C(=O)N2C[C@]3(CN)CCC23)cc2nc(-c3cc4cc(C#N)ccc4n3CC3CC3)n(C)c12. The molecule has 0 bridgehead atoms. The summed E-state index contributed by atoms with van der Waals surface area (Å²) in [5.74, 6) is 2.14. The van der Waals surface area contributed by atoms with Gasteiger partial charge in [-0.05, 0) is 68.0 Å². The molecule has 1 saturated heterocycles. The van der Waals surface area contributed by atoms with Crippen LogP contribution in [0, 0.1) is 22.7 Å². The van der Waals surface area contributed by atoms with Gasteiger partial charge in [0.25, 0.3) is 5.91 Å². The summed E-state index contributed by atoms with van der Waals surface area (Å²) in [5, 5.41) is 10.4. The Bertz CT molecular complexity index is 1630. The van der Waals surface area contributed by atoms with Gasteiger partial charge in [0.2, 0.25) is 0 Å². The summed E-state index contributed by atoms with van der Waals surface area (Å²) in [6, 6.07) is 14.2. The largest absolute Gasteiger partial charge is 0.494 e. The third-order valence-corrected chi connectivity index (χ3v) is 8.95. The minimum Gasteiger partial charge on any atom is -0.494 e. The molecule has 37 heavy (non-hydrogen) atoms. The zero-order chi connectivity index (χ0) is 25.5. The lowest BCUT2D eigenvalue weighted by atomic mass is 9.57. The highest BCUT2D eigenvalue weighted by atomic mass is 16.5. The molecule has 3 heterocycles. The monoisotopic (exact) mass is 494 g/mol. The number of aromatic nitrogens is 3. The van der Waals surface area contributed by atoms with Crippen molar-refractivity contribution in [1.82, 2.24) is 19.0 Å². The first-order chi connectivity index (χ1) is 18.0. The van der Waals surface area contributed by atoms with Crippen LogP contribution in [0.4, 0.5) is 0 Å². The molecule has 1 unspecified atom stereocenters. The minimum atomic E-state index is 0.0213. The van der Waals surface area contributed by atoms with Crippen molar-refractivity contribution in [1.29, 1.82) is 5.26 Å². The maximum atomic E-state index is 13.5. The second-order valence-corrected chi connectivity index (χ2v) is 11.1. The Morgan fingerprint density at radius 1 is 1.24 bits per heavy atom. The fourth-order valence-corrected chi connectivity index (χ4v) is 6.47. The van der Waals surface area contributed by atoms with E-state index in [0.29, 0.717) is 29.3 Å². The van der Waals surface area contributed by atoms with Crippen LogP contribution in [0.5, 0.6) is 5.75 Å². The maximum Gasteiger partial charge on any atom is 0.254 e. The van der Waals surface area contributed by atoms with Crippen molar-refractivity contribution in [2.45, 2.75) is 38.3 Å². The molecule has 0 radical (unpaired) electrons. The number of aryl methyl sites for hydroxylation is 1. The molecular weight excluding hydrogens is 464 g/mol. The van der Waals surface area contributed by atoms with Crippen LogP contribution in [0.25, 0.3) is 33.5 Å². The average Bonchev–Trinajstić information content (AvgIpc) is 3.58. The van der Waals surface area contributed by atoms with Crippen LogP contribution in [0.3, 0.4) is 0 Å².